The zero-order valence-corrected chi connectivity index (χ0v) is 3.97. The fraction of sp³-hybridized carbons (Fsp3) is 0.500. The number of carbonyl (C=O) groups is 1. The summed E-state index contributed by atoms with van der Waals surface area (Å²) in [6.45, 7) is 8.00. The smallest absolute Gasteiger partial charge is 0.486 e. The minimum atomic E-state index is -0.831. The van der Waals surface area contributed by atoms with Crippen LogP contribution in [0.25, 0.3) is 4.85 Å². The topological polar surface area (TPSA) is 30.7 Å². The zero-order chi connectivity index (χ0) is 5.70. The molecule has 0 aromatic carbocycles. The molecule has 0 N–H and O–H groups in total. The van der Waals surface area contributed by atoms with E-state index in [1.165, 1.54) is 0 Å². The molecule has 3 heteroatoms. The van der Waals surface area contributed by atoms with Crippen molar-refractivity contribution in [1.82, 2.24) is 0 Å². The van der Waals surface area contributed by atoms with Crippen molar-refractivity contribution in [2.75, 3.05) is 6.61 Å². The summed E-state index contributed by atoms with van der Waals surface area (Å²) >= 11 is 0. The van der Waals surface area contributed by atoms with Gasteiger partial charge in [-0.25, -0.2) is 0 Å². The molecular formula is C4H5NO2. The molecule has 0 unspecified atom stereocenters. The van der Waals surface area contributed by atoms with Gasteiger partial charge in [0.2, 0.25) is 0 Å². The Bertz CT molecular complexity index is 103. The van der Waals surface area contributed by atoms with Gasteiger partial charge in [-0.3, -0.25) is 4.79 Å². The minimum Gasteiger partial charge on any atom is -0.486 e. The average Bonchev–Trinajstić information content (AvgIpc) is 1.68. The lowest BCUT2D eigenvalue weighted by Crippen LogP contribution is -1.92. The van der Waals surface area contributed by atoms with Crippen LogP contribution >= 0.6 is 0 Å². The molecule has 0 aliphatic rings. The molecule has 0 aromatic rings. The largest absolute Gasteiger partial charge is 0.561 e. The van der Waals surface area contributed by atoms with E-state index in [2.05, 4.69) is 9.58 Å². The summed E-state index contributed by atoms with van der Waals surface area (Å²) in [5, 5.41) is 0. The number of amides is 1. The lowest BCUT2D eigenvalue weighted by Gasteiger charge is -1.87. The van der Waals surface area contributed by atoms with Crippen molar-refractivity contribution < 1.29 is 9.53 Å². The first-order valence-corrected chi connectivity index (χ1v) is 1.85. The van der Waals surface area contributed by atoms with E-state index in [1.807, 2.05) is 0 Å². The first kappa shape index (κ1) is 5.96. The second kappa shape index (κ2) is 3.16. The maximum absolute atomic E-state index is 9.84. The predicted molar refractivity (Wildman–Crippen MR) is 23.6 cm³/mol. The van der Waals surface area contributed by atoms with Gasteiger partial charge in [-0.05, 0) is 6.92 Å². The lowest BCUT2D eigenvalue weighted by molar-refractivity contribution is 0.172. The first-order valence-electron chi connectivity index (χ1n) is 1.85. The molecule has 0 saturated heterocycles. The van der Waals surface area contributed by atoms with Gasteiger partial charge in [0, 0.05) is 0 Å². The molecule has 0 rings (SSSR count). The van der Waals surface area contributed by atoms with Gasteiger partial charge in [0.05, 0.1) is 6.61 Å². The predicted octanol–water partition coefficient (Wildman–Crippen LogP) is 1.06. The SMILES string of the molecule is [C-]#[N+]C(=O)OCC. The van der Waals surface area contributed by atoms with Crippen LogP contribution in [0.15, 0.2) is 0 Å². The van der Waals surface area contributed by atoms with Crippen LogP contribution in [0, 0.1) is 6.57 Å². The molecule has 1 amide bonds. The van der Waals surface area contributed by atoms with E-state index < -0.39 is 6.09 Å². The van der Waals surface area contributed by atoms with E-state index in [1.54, 1.807) is 6.92 Å². The van der Waals surface area contributed by atoms with Gasteiger partial charge in [-0.1, -0.05) is 0 Å². The number of rotatable bonds is 1. The monoisotopic (exact) mass is 99.0 g/mol. The van der Waals surface area contributed by atoms with E-state index in [9.17, 15) is 4.79 Å². The first-order chi connectivity index (χ1) is 3.31. The standard InChI is InChI=1S/C4H5NO2/c1-3-7-4(6)5-2/h3H2,1H3. The van der Waals surface area contributed by atoms with E-state index in [0.29, 0.717) is 0 Å². The lowest BCUT2D eigenvalue weighted by atomic mass is 10.9. The molecule has 0 aromatic heterocycles. The summed E-state index contributed by atoms with van der Waals surface area (Å²) < 4.78 is 4.20. The Morgan fingerprint density at radius 3 is 2.71 bits per heavy atom. The van der Waals surface area contributed by atoms with Gasteiger partial charge in [0.15, 0.2) is 0 Å². The third-order valence-corrected chi connectivity index (χ3v) is 0.359. The molecule has 0 spiro atoms. The van der Waals surface area contributed by atoms with Gasteiger partial charge in [-0.2, -0.15) is 4.85 Å². The van der Waals surface area contributed by atoms with Gasteiger partial charge >= 0.3 is 6.09 Å². The molecule has 0 aliphatic carbocycles. The molecule has 0 saturated carbocycles. The van der Waals surface area contributed by atoms with Crippen molar-refractivity contribution in [2.45, 2.75) is 6.92 Å². The highest BCUT2D eigenvalue weighted by Gasteiger charge is 1.92. The molecule has 38 valence electrons. The Morgan fingerprint density at radius 2 is 2.57 bits per heavy atom. The Kier molecular flexibility index (Phi) is 2.69. The summed E-state index contributed by atoms with van der Waals surface area (Å²) in [6, 6.07) is 0. The molecule has 7 heavy (non-hydrogen) atoms. The molecule has 0 heterocycles. The summed E-state index contributed by atoms with van der Waals surface area (Å²) in [6.07, 6.45) is -0.831. The van der Waals surface area contributed by atoms with Crippen molar-refractivity contribution in [1.29, 1.82) is 0 Å². The Labute approximate surface area is 41.7 Å². The number of carbonyl (C=O) groups excluding carboxylic acids is 1. The van der Waals surface area contributed by atoms with Crippen molar-refractivity contribution in [3.63, 3.8) is 0 Å². The van der Waals surface area contributed by atoms with Crippen LogP contribution in [0.2, 0.25) is 0 Å². The van der Waals surface area contributed by atoms with Gasteiger partial charge in [0.1, 0.15) is 6.57 Å². The normalized spacial score (nSPS) is 6.86. The Hall–Kier alpha value is -1.04. The van der Waals surface area contributed by atoms with Crippen LogP contribution in [0.4, 0.5) is 4.79 Å². The van der Waals surface area contributed by atoms with E-state index in [0.717, 1.165) is 0 Å². The summed E-state index contributed by atoms with van der Waals surface area (Å²) in [7, 11) is 0. The second-order valence-electron chi connectivity index (χ2n) is 0.811. The fourth-order valence-corrected chi connectivity index (χ4v) is 0.156. The van der Waals surface area contributed by atoms with Crippen molar-refractivity contribution in [3.05, 3.63) is 11.4 Å². The third-order valence-electron chi connectivity index (χ3n) is 0.359. The average molecular weight is 99.1 g/mol. The maximum atomic E-state index is 9.84. The zero-order valence-electron chi connectivity index (χ0n) is 3.97. The second-order valence-corrected chi connectivity index (χ2v) is 0.811. The third kappa shape index (κ3) is 2.77. The maximum Gasteiger partial charge on any atom is 0.561 e. The highest BCUT2D eigenvalue weighted by molar-refractivity contribution is 5.77. The van der Waals surface area contributed by atoms with Crippen molar-refractivity contribution >= 4 is 6.09 Å². The van der Waals surface area contributed by atoms with Crippen LogP contribution in [-0.2, 0) is 4.74 Å². The van der Waals surface area contributed by atoms with Gasteiger partial charge in [-0.15, -0.1) is 0 Å². The molecule has 0 atom stereocenters. The Balaban J connectivity index is 3.24. The highest BCUT2D eigenvalue weighted by atomic mass is 16.5. The van der Waals surface area contributed by atoms with Crippen LogP contribution in [-0.4, -0.2) is 12.7 Å². The van der Waals surface area contributed by atoms with Gasteiger partial charge < -0.3 is 4.74 Å². The molecule has 0 radical (unpaired) electrons. The highest BCUT2D eigenvalue weighted by Crippen LogP contribution is 1.78. The van der Waals surface area contributed by atoms with E-state index in [-0.39, 0.29) is 6.61 Å². The van der Waals surface area contributed by atoms with Crippen molar-refractivity contribution in [3.8, 4) is 0 Å². The van der Waals surface area contributed by atoms with Crippen LogP contribution in [0.1, 0.15) is 6.92 Å². The number of nitrogens with zero attached hydrogens (tertiary/aromatic N) is 1. The van der Waals surface area contributed by atoms with Crippen LogP contribution in [0.5, 0.6) is 0 Å². The van der Waals surface area contributed by atoms with Crippen LogP contribution in [0.3, 0.4) is 0 Å². The number of hydrogen-bond donors (Lipinski definition) is 0. The summed E-state index contributed by atoms with van der Waals surface area (Å²) in [5.74, 6) is 0. The van der Waals surface area contributed by atoms with Gasteiger partial charge in [0.25, 0.3) is 0 Å². The fourth-order valence-electron chi connectivity index (χ4n) is 0.156. The van der Waals surface area contributed by atoms with E-state index >= 15 is 0 Å². The van der Waals surface area contributed by atoms with Crippen molar-refractivity contribution in [2.24, 2.45) is 0 Å². The van der Waals surface area contributed by atoms with Crippen LogP contribution < -0.4 is 0 Å². The minimum absolute atomic E-state index is 0.279. The molecule has 0 fully saturated rings. The summed E-state index contributed by atoms with van der Waals surface area (Å²) in [4.78, 5) is 12.3. The number of hydrogen-bond acceptors (Lipinski definition) is 2. The number of ether oxygens (including phenoxy) is 1. The quantitative estimate of drug-likeness (QED) is 0.460. The molecule has 3 nitrogen and oxygen atoms in total. The summed E-state index contributed by atoms with van der Waals surface area (Å²) in [5.41, 5.74) is 0. The molecule has 0 bridgehead atoms. The van der Waals surface area contributed by atoms with E-state index in [4.69, 9.17) is 6.57 Å². The molecular weight excluding hydrogens is 94.0 g/mol. The Morgan fingerprint density at radius 1 is 2.00 bits per heavy atom. The molecule has 0 aliphatic heterocycles.